The summed E-state index contributed by atoms with van der Waals surface area (Å²) in [5.74, 6) is -0.154. The minimum Gasteiger partial charge on any atom is -0.423 e. The molecule has 0 unspecified atom stereocenters. The van der Waals surface area contributed by atoms with E-state index in [9.17, 15) is 4.79 Å². The molecule has 0 aliphatic carbocycles. The summed E-state index contributed by atoms with van der Waals surface area (Å²) in [4.78, 5) is 11.7. The number of carbonyl (C=O) groups excluding carboxylic acids is 1. The van der Waals surface area contributed by atoms with Crippen molar-refractivity contribution in [2.45, 2.75) is 6.92 Å². The van der Waals surface area contributed by atoms with Gasteiger partial charge < -0.3 is 4.74 Å². The van der Waals surface area contributed by atoms with Crippen LogP contribution in [0.4, 0.5) is 0 Å². The average molecular weight is 307 g/mol. The van der Waals surface area contributed by atoms with E-state index in [-0.39, 0.29) is 0 Å². The number of halogens is 2. The molecule has 2 aromatic rings. The van der Waals surface area contributed by atoms with Crippen molar-refractivity contribution in [3.05, 3.63) is 69.7 Å². The summed E-state index contributed by atoms with van der Waals surface area (Å²) < 4.78 is 5.16. The molecular weight excluding hydrogens is 295 g/mol. The van der Waals surface area contributed by atoms with Crippen LogP contribution in [0.25, 0.3) is 6.08 Å². The monoisotopic (exact) mass is 306 g/mol. The minimum atomic E-state index is -0.482. The van der Waals surface area contributed by atoms with Crippen LogP contribution in [0.5, 0.6) is 5.75 Å². The predicted molar refractivity (Wildman–Crippen MR) is 82.3 cm³/mol. The van der Waals surface area contributed by atoms with Crippen LogP contribution < -0.4 is 4.74 Å². The molecule has 0 saturated carbocycles. The molecule has 2 nitrogen and oxygen atoms in total. The Morgan fingerprint density at radius 2 is 1.70 bits per heavy atom. The zero-order valence-electron chi connectivity index (χ0n) is 10.8. The second-order valence-electron chi connectivity index (χ2n) is 4.18. The number of benzene rings is 2. The van der Waals surface area contributed by atoms with Gasteiger partial charge in [-0.05, 0) is 36.3 Å². The maximum absolute atomic E-state index is 11.7. The van der Waals surface area contributed by atoms with Gasteiger partial charge in [-0.25, -0.2) is 4.79 Å². The topological polar surface area (TPSA) is 26.3 Å². The first-order chi connectivity index (χ1) is 9.56. The zero-order chi connectivity index (χ0) is 14.5. The summed E-state index contributed by atoms with van der Waals surface area (Å²) in [7, 11) is 0. The van der Waals surface area contributed by atoms with Gasteiger partial charge in [0.25, 0.3) is 0 Å². The summed E-state index contributed by atoms with van der Waals surface area (Å²) in [6, 6.07) is 12.6. The molecule has 102 valence electrons. The number of hydrogen-bond acceptors (Lipinski definition) is 2. The van der Waals surface area contributed by atoms with Crippen molar-refractivity contribution in [3.63, 3.8) is 0 Å². The van der Waals surface area contributed by atoms with Crippen LogP contribution in [0, 0.1) is 6.92 Å². The van der Waals surface area contributed by atoms with Crippen molar-refractivity contribution in [3.8, 4) is 5.75 Å². The van der Waals surface area contributed by atoms with E-state index in [0.29, 0.717) is 15.8 Å². The number of esters is 1. The van der Waals surface area contributed by atoms with Gasteiger partial charge in [0.2, 0.25) is 0 Å². The lowest BCUT2D eigenvalue weighted by Gasteiger charge is -2.05. The average Bonchev–Trinajstić information content (AvgIpc) is 2.43. The van der Waals surface area contributed by atoms with Gasteiger partial charge >= 0.3 is 5.97 Å². The Hall–Kier alpha value is -1.77. The first-order valence-corrected chi connectivity index (χ1v) is 6.72. The third kappa shape index (κ3) is 3.86. The summed E-state index contributed by atoms with van der Waals surface area (Å²) >= 11 is 12.0. The molecule has 0 spiro atoms. The third-order valence-corrected chi connectivity index (χ3v) is 3.47. The van der Waals surface area contributed by atoms with E-state index in [1.807, 2.05) is 30.3 Å². The fourth-order valence-electron chi connectivity index (χ4n) is 1.56. The Kier molecular flexibility index (Phi) is 4.83. The standard InChI is InChI=1S/C16H12Cl2O2/c1-11-14(17)9-13(10-15(11)18)20-16(19)8-7-12-5-3-2-4-6-12/h2-10H,1H3/b8-7+. The number of ether oxygens (including phenoxy) is 1. The molecule has 0 aliphatic heterocycles. The maximum Gasteiger partial charge on any atom is 0.336 e. The van der Waals surface area contributed by atoms with Crippen LogP contribution in [-0.4, -0.2) is 5.97 Å². The van der Waals surface area contributed by atoms with Crippen molar-refractivity contribution in [1.82, 2.24) is 0 Å². The van der Waals surface area contributed by atoms with Gasteiger partial charge in [-0.15, -0.1) is 0 Å². The molecule has 0 heterocycles. The molecule has 0 atom stereocenters. The number of hydrogen-bond donors (Lipinski definition) is 0. The Balaban J connectivity index is 2.07. The molecule has 0 saturated heterocycles. The van der Waals surface area contributed by atoms with Crippen molar-refractivity contribution in [1.29, 1.82) is 0 Å². The van der Waals surface area contributed by atoms with Gasteiger partial charge in [0.05, 0.1) is 0 Å². The van der Waals surface area contributed by atoms with Crippen molar-refractivity contribution < 1.29 is 9.53 Å². The van der Waals surface area contributed by atoms with Gasteiger partial charge in [0.1, 0.15) is 5.75 Å². The molecule has 2 rings (SSSR count). The van der Waals surface area contributed by atoms with Crippen LogP contribution in [0.2, 0.25) is 10.0 Å². The largest absolute Gasteiger partial charge is 0.423 e. The predicted octanol–water partition coefficient (Wildman–Crippen LogP) is 4.92. The highest BCUT2D eigenvalue weighted by atomic mass is 35.5. The smallest absolute Gasteiger partial charge is 0.336 e. The molecule has 0 aliphatic rings. The second kappa shape index (κ2) is 6.60. The van der Waals surface area contributed by atoms with Gasteiger partial charge in [-0.3, -0.25) is 0 Å². The molecule has 0 aromatic heterocycles. The van der Waals surface area contributed by atoms with E-state index in [1.165, 1.54) is 6.08 Å². The molecule has 0 fully saturated rings. The highest BCUT2D eigenvalue weighted by molar-refractivity contribution is 6.36. The van der Waals surface area contributed by atoms with Gasteiger partial charge in [-0.1, -0.05) is 53.5 Å². The van der Waals surface area contributed by atoms with E-state index in [1.54, 1.807) is 25.1 Å². The first kappa shape index (κ1) is 14.6. The van der Waals surface area contributed by atoms with E-state index in [2.05, 4.69) is 0 Å². The normalized spacial score (nSPS) is 10.8. The fraction of sp³-hybridized carbons (Fsp3) is 0.0625. The lowest BCUT2D eigenvalue weighted by molar-refractivity contribution is -0.128. The van der Waals surface area contributed by atoms with E-state index >= 15 is 0 Å². The highest BCUT2D eigenvalue weighted by Gasteiger charge is 2.07. The van der Waals surface area contributed by atoms with Crippen LogP contribution in [0.3, 0.4) is 0 Å². The fourth-order valence-corrected chi connectivity index (χ4v) is 2.03. The Bertz CT molecular complexity index is 626. The summed E-state index contributed by atoms with van der Waals surface area (Å²) in [6.45, 7) is 1.80. The molecule has 0 radical (unpaired) electrons. The van der Waals surface area contributed by atoms with Gasteiger partial charge in [0.15, 0.2) is 0 Å². The molecular formula is C16H12Cl2O2. The highest BCUT2D eigenvalue weighted by Crippen LogP contribution is 2.29. The minimum absolute atomic E-state index is 0.327. The summed E-state index contributed by atoms with van der Waals surface area (Å²) in [6.07, 6.45) is 3.04. The van der Waals surface area contributed by atoms with Crippen molar-refractivity contribution in [2.24, 2.45) is 0 Å². The molecule has 0 amide bonds. The Morgan fingerprint density at radius 3 is 2.30 bits per heavy atom. The van der Waals surface area contributed by atoms with Gasteiger partial charge in [-0.2, -0.15) is 0 Å². The van der Waals surface area contributed by atoms with E-state index < -0.39 is 5.97 Å². The second-order valence-corrected chi connectivity index (χ2v) is 4.99. The van der Waals surface area contributed by atoms with Gasteiger partial charge in [0, 0.05) is 16.1 Å². The van der Waals surface area contributed by atoms with Crippen molar-refractivity contribution in [2.75, 3.05) is 0 Å². The first-order valence-electron chi connectivity index (χ1n) is 5.97. The Labute approximate surface area is 127 Å². The number of rotatable bonds is 3. The SMILES string of the molecule is Cc1c(Cl)cc(OC(=O)/C=C/c2ccccc2)cc1Cl. The van der Waals surface area contributed by atoms with Crippen molar-refractivity contribution >= 4 is 35.2 Å². The van der Waals surface area contributed by atoms with Crippen LogP contribution >= 0.6 is 23.2 Å². The van der Waals surface area contributed by atoms with Crippen LogP contribution in [0.15, 0.2) is 48.5 Å². The maximum atomic E-state index is 11.7. The molecule has 0 N–H and O–H groups in total. The quantitative estimate of drug-likeness (QED) is 0.457. The number of carbonyl (C=O) groups is 1. The lowest BCUT2D eigenvalue weighted by atomic mass is 10.2. The third-order valence-electron chi connectivity index (χ3n) is 2.68. The van der Waals surface area contributed by atoms with E-state index in [0.717, 1.165) is 11.1 Å². The Morgan fingerprint density at radius 1 is 1.10 bits per heavy atom. The molecule has 2 aromatic carbocycles. The van der Waals surface area contributed by atoms with E-state index in [4.69, 9.17) is 27.9 Å². The molecule has 20 heavy (non-hydrogen) atoms. The molecule has 0 bridgehead atoms. The molecule has 4 heteroatoms. The van der Waals surface area contributed by atoms with Crippen LogP contribution in [-0.2, 0) is 4.79 Å². The van der Waals surface area contributed by atoms with Crippen LogP contribution in [0.1, 0.15) is 11.1 Å². The lowest BCUT2D eigenvalue weighted by Crippen LogP contribution is -2.03. The summed E-state index contributed by atoms with van der Waals surface area (Å²) in [5.41, 5.74) is 1.68. The summed E-state index contributed by atoms with van der Waals surface area (Å²) in [5, 5.41) is 0.930. The zero-order valence-corrected chi connectivity index (χ0v) is 12.3.